The monoisotopic (exact) mass is 866 g/mol. The van der Waals surface area contributed by atoms with E-state index < -0.39 is 12.2 Å². The van der Waals surface area contributed by atoms with Crippen LogP contribution in [0, 0.1) is 0 Å². The number of methoxy groups -OCH3 is 2. The van der Waals surface area contributed by atoms with E-state index in [1.165, 1.54) is 21.0 Å². The Morgan fingerprint density at radius 2 is 1.17 bits per heavy atom. The van der Waals surface area contributed by atoms with Crippen LogP contribution in [0.5, 0.6) is 11.5 Å². The van der Waals surface area contributed by atoms with Crippen molar-refractivity contribution in [2.75, 3.05) is 51.2 Å². The number of ether oxygens (including phenoxy) is 4. The Balaban J connectivity index is 0.000000340. The van der Waals surface area contributed by atoms with Gasteiger partial charge < -0.3 is 34.9 Å². The number of nitrogens with zero attached hydrogens (tertiary/aromatic N) is 4. The van der Waals surface area contributed by atoms with Crippen LogP contribution in [-0.2, 0) is 24.5 Å². The third-order valence-electron chi connectivity index (χ3n) is 8.95. The summed E-state index contributed by atoms with van der Waals surface area (Å²) >= 11 is 0. The molecule has 0 aromatic heterocycles. The standard InChI is InChI=1S/C26H36N4O4.C21H26N4O4/c1-19(31)27-16-8-6-7-9-17-28-25(32)34-22-13-10-20(11-14-22)29-30-21-12-15-24(33-5)23(18-21)26(2,3)4;1-14(2)19-13-18(9-10-20(19)22-15(3)26)25-24-17-7-5-16(6-8-17)23-21(27)29-12-11-28-4/h10-15,18H,6-9,16-17H2,1-5H3,(H,27,31)(H,28,32);5-10,13-14H,11-12H2,1-4H3,(H,22,26)(H,23,27). The second-order valence-corrected chi connectivity index (χ2v) is 15.6. The fraction of sp³-hybridized carbons (Fsp3) is 0.404. The van der Waals surface area contributed by atoms with Crippen LogP contribution in [-0.4, -0.2) is 64.5 Å². The molecule has 0 spiro atoms. The van der Waals surface area contributed by atoms with Gasteiger partial charge >= 0.3 is 12.2 Å². The summed E-state index contributed by atoms with van der Waals surface area (Å²) in [6, 6.07) is 25.0. The van der Waals surface area contributed by atoms with E-state index in [2.05, 4.69) is 62.5 Å². The zero-order chi connectivity index (χ0) is 46.2. The molecular formula is C47H62N8O8. The molecule has 0 radical (unpaired) electrons. The zero-order valence-corrected chi connectivity index (χ0v) is 37.9. The average molecular weight is 867 g/mol. The molecule has 63 heavy (non-hydrogen) atoms. The molecule has 4 rings (SSSR count). The van der Waals surface area contributed by atoms with Crippen LogP contribution in [0.3, 0.4) is 0 Å². The number of azo groups is 2. The number of hydrogen-bond donors (Lipinski definition) is 4. The van der Waals surface area contributed by atoms with Crippen molar-refractivity contribution in [3.63, 3.8) is 0 Å². The van der Waals surface area contributed by atoms with Crippen molar-refractivity contribution >= 4 is 58.1 Å². The summed E-state index contributed by atoms with van der Waals surface area (Å²) in [6.07, 6.45) is 2.74. The van der Waals surface area contributed by atoms with Crippen molar-refractivity contribution in [2.24, 2.45) is 20.5 Å². The van der Waals surface area contributed by atoms with Crippen LogP contribution in [0.4, 0.5) is 43.7 Å². The predicted octanol–water partition coefficient (Wildman–Crippen LogP) is 11.6. The van der Waals surface area contributed by atoms with Gasteiger partial charge in [0.25, 0.3) is 0 Å². The number of carbonyl (C=O) groups excluding carboxylic acids is 4. The van der Waals surface area contributed by atoms with Gasteiger partial charge in [-0.1, -0.05) is 47.5 Å². The smallest absolute Gasteiger partial charge is 0.412 e. The summed E-state index contributed by atoms with van der Waals surface area (Å²) in [5.41, 5.74) is 6.05. The molecule has 0 saturated heterocycles. The lowest BCUT2D eigenvalue weighted by Gasteiger charge is -2.22. The largest absolute Gasteiger partial charge is 0.496 e. The lowest BCUT2D eigenvalue weighted by atomic mass is 9.86. The van der Waals surface area contributed by atoms with Crippen molar-refractivity contribution < 1.29 is 38.1 Å². The van der Waals surface area contributed by atoms with Crippen molar-refractivity contribution in [2.45, 2.75) is 85.5 Å². The SMILES string of the molecule is COCCOC(=O)Nc1ccc(N=Nc2ccc(NC(C)=O)c(C(C)C)c2)cc1.COc1ccc(N=Nc2ccc(OC(=O)NCCCCCCNC(C)=O)cc2)cc1C(C)(C)C. The number of unbranched alkanes of at least 4 members (excludes halogenated alkanes) is 3. The molecule has 0 aliphatic carbocycles. The van der Waals surface area contributed by atoms with Crippen LogP contribution >= 0.6 is 0 Å². The Kier molecular flexibility index (Phi) is 21.4. The molecule has 16 heteroatoms. The Morgan fingerprint density at radius 3 is 1.73 bits per heavy atom. The first-order chi connectivity index (χ1) is 30.1. The molecule has 0 aliphatic rings. The molecule has 0 fully saturated rings. The van der Waals surface area contributed by atoms with Gasteiger partial charge in [0, 0.05) is 51.0 Å². The van der Waals surface area contributed by atoms with E-state index in [-0.39, 0.29) is 29.8 Å². The Bertz CT molecular complexity index is 2130. The van der Waals surface area contributed by atoms with Crippen LogP contribution in [0.1, 0.15) is 91.2 Å². The number of rotatable bonds is 19. The van der Waals surface area contributed by atoms with E-state index in [0.717, 1.165) is 53.9 Å². The fourth-order valence-electron chi connectivity index (χ4n) is 5.73. The predicted molar refractivity (Wildman–Crippen MR) is 246 cm³/mol. The summed E-state index contributed by atoms with van der Waals surface area (Å²) < 4.78 is 20.5. The fourth-order valence-corrected chi connectivity index (χ4v) is 5.73. The van der Waals surface area contributed by atoms with Gasteiger partial charge in [-0.2, -0.15) is 20.5 Å². The average Bonchev–Trinajstić information content (AvgIpc) is 3.24. The number of anilines is 2. The highest BCUT2D eigenvalue weighted by Crippen LogP contribution is 2.35. The summed E-state index contributed by atoms with van der Waals surface area (Å²) in [5, 5.41) is 28.1. The number of amides is 4. The van der Waals surface area contributed by atoms with Gasteiger partial charge in [0.15, 0.2) is 0 Å². The van der Waals surface area contributed by atoms with Crippen LogP contribution < -0.4 is 30.7 Å². The molecule has 4 amide bonds. The van der Waals surface area contributed by atoms with Gasteiger partial charge in [-0.25, -0.2) is 9.59 Å². The van der Waals surface area contributed by atoms with Crippen LogP contribution in [0.2, 0.25) is 0 Å². The second-order valence-electron chi connectivity index (χ2n) is 15.6. The van der Waals surface area contributed by atoms with E-state index in [1.807, 2.05) is 44.2 Å². The minimum atomic E-state index is -0.545. The number of benzene rings is 4. The lowest BCUT2D eigenvalue weighted by Crippen LogP contribution is -2.27. The highest BCUT2D eigenvalue weighted by molar-refractivity contribution is 5.90. The molecule has 16 nitrogen and oxygen atoms in total. The molecule has 0 aliphatic heterocycles. The van der Waals surface area contributed by atoms with Crippen LogP contribution in [0.15, 0.2) is 105 Å². The summed E-state index contributed by atoms with van der Waals surface area (Å²) in [5.74, 6) is 1.37. The highest BCUT2D eigenvalue weighted by Gasteiger charge is 2.19. The third-order valence-corrected chi connectivity index (χ3v) is 8.95. The maximum Gasteiger partial charge on any atom is 0.412 e. The molecular weight excluding hydrogens is 805 g/mol. The normalized spacial score (nSPS) is 11.1. The summed E-state index contributed by atoms with van der Waals surface area (Å²) in [7, 11) is 3.20. The number of nitrogens with one attached hydrogen (secondary N) is 4. The molecule has 4 aromatic rings. The second kappa shape index (κ2) is 26.6. The minimum Gasteiger partial charge on any atom is -0.496 e. The minimum absolute atomic E-state index is 0.00700. The molecule has 4 N–H and O–H groups in total. The third kappa shape index (κ3) is 19.7. The molecule has 4 aromatic carbocycles. The first kappa shape index (κ1) is 50.7. The van der Waals surface area contributed by atoms with Gasteiger partial charge in [-0.3, -0.25) is 14.9 Å². The molecule has 0 bridgehead atoms. The maximum atomic E-state index is 12.0. The summed E-state index contributed by atoms with van der Waals surface area (Å²) in [6.45, 7) is 15.2. The van der Waals surface area contributed by atoms with E-state index in [9.17, 15) is 19.2 Å². The molecule has 0 atom stereocenters. The Labute approximate surface area is 370 Å². The lowest BCUT2D eigenvalue weighted by molar-refractivity contribution is -0.119. The van der Waals surface area contributed by atoms with Crippen molar-refractivity contribution in [3.8, 4) is 11.5 Å². The maximum absolute atomic E-state index is 12.0. The highest BCUT2D eigenvalue weighted by atomic mass is 16.6. The van der Waals surface area contributed by atoms with Gasteiger partial charge in [-0.15, -0.1) is 0 Å². The van der Waals surface area contributed by atoms with Gasteiger partial charge in [-0.05, 0) is 115 Å². The first-order valence-corrected chi connectivity index (χ1v) is 20.8. The van der Waals surface area contributed by atoms with E-state index in [0.29, 0.717) is 48.2 Å². The Hall–Kier alpha value is -6.68. The number of hydrogen-bond acceptors (Lipinski definition) is 12. The molecule has 338 valence electrons. The molecule has 0 saturated carbocycles. The number of carbonyl (C=O) groups is 4. The van der Waals surface area contributed by atoms with E-state index in [4.69, 9.17) is 18.9 Å². The van der Waals surface area contributed by atoms with Crippen molar-refractivity contribution in [3.05, 3.63) is 96.1 Å². The van der Waals surface area contributed by atoms with E-state index >= 15 is 0 Å². The Morgan fingerprint density at radius 1 is 0.619 bits per heavy atom. The van der Waals surface area contributed by atoms with E-state index in [1.54, 1.807) is 61.7 Å². The quantitative estimate of drug-likeness (QED) is 0.0526. The zero-order valence-electron chi connectivity index (χ0n) is 37.9. The molecule has 0 unspecified atom stereocenters. The molecule has 0 heterocycles. The summed E-state index contributed by atoms with van der Waals surface area (Å²) in [4.78, 5) is 45.7. The van der Waals surface area contributed by atoms with Gasteiger partial charge in [0.2, 0.25) is 11.8 Å². The van der Waals surface area contributed by atoms with Crippen LogP contribution in [0.25, 0.3) is 0 Å². The van der Waals surface area contributed by atoms with Crippen molar-refractivity contribution in [1.29, 1.82) is 0 Å². The van der Waals surface area contributed by atoms with Crippen molar-refractivity contribution in [1.82, 2.24) is 10.6 Å². The topological polar surface area (TPSA) is 203 Å². The van der Waals surface area contributed by atoms with Gasteiger partial charge in [0.05, 0.1) is 36.5 Å². The first-order valence-electron chi connectivity index (χ1n) is 20.8. The van der Waals surface area contributed by atoms with Gasteiger partial charge in [0.1, 0.15) is 18.1 Å².